The van der Waals surface area contributed by atoms with Crippen LogP contribution in [0.25, 0.3) is 0 Å². The zero-order chi connectivity index (χ0) is 11.7. The standard InChI is InChI=1S/C9H18I2O4/c1-7(2)5-13-9(6-14-10)3-8(4-12)15-11/h7-9,12H,3-6H2,1-2H3. The van der Waals surface area contributed by atoms with Gasteiger partial charge in [-0.3, -0.25) is 0 Å². The van der Waals surface area contributed by atoms with Gasteiger partial charge in [0.1, 0.15) is 46.0 Å². The summed E-state index contributed by atoms with van der Waals surface area (Å²) in [6.07, 6.45) is 0.445. The molecule has 2 unspecified atom stereocenters. The molecule has 0 aliphatic heterocycles. The van der Waals surface area contributed by atoms with Crippen LogP contribution < -0.4 is 0 Å². The van der Waals surface area contributed by atoms with Crippen LogP contribution in [0.15, 0.2) is 0 Å². The Morgan fingerprint density at radius 1 is 1.13 bits per heavy atom. The van der Waals surface area contributed by atoms with Crippen molar-refractivity contribution in [2.24, 2.45) is 5.92 Å². The Bertz CT molecular complexity index is 142. The van der Waals surface area contributed by atoms with Gasteiger partial charge in [0.25, 0.3) is 0 Å². The van der Waals surface area contributed by atoms with Crippen molar-refractivity contribution in [2.75, 3.05) is 19.8 Å². The molecule has 6 heteroatoms. The molecular formula is C9H18I2O4. The third-order valence-corrected chi connectivity index (χ3v) is 2.85. The predicted molar refractivity (Wildman–Crippen MR) is 75.1 cm³/mol. The molecule has 0 saturated heterocycles. The number of aliphatic hydroxyl groups is 1. The number of aliphatic hydroxyl groups excluding tert-OH is 1. The molecule has 0 aliphatic rings. The van der Waals surface area contributed by atoms with Crippen LogP contribution in [0.1, 0.15) is 20.3 Å². The topological polar surface area (TPSA) is 47.9 Å². The van der Waals surface area contributed by atoms with Crippen LogP contribution in [0, 0.1) is 5.92 Å². The summed E-state index contributed by atoms with van der Waals surface area (Å²) in [6.45, 7) is 5.42. The minimum Gasteiger partial charge on any atom is -0.394 e. The average molecular weight is 444 g/mol. The summed E-state index contributed by atoms with van der Waals surface area (Å²) < 4.78 is 15.8. The molecule has 0 heterocycles. The Hall–Kier alpha value is 1.30. The summed E-state index contributed by atoms with van der Waals surface area (Å²) in [5.74, 6) is 0.495. The number of rotatable bonds is 9. The monoisotopic (exact) mass is 444 g/mol. The zero-order valence-corrected chi connectivity index (χ0v) is 13.3. The number of hydrogen-bond acceptors (Lipinski definition) is 4. The summed E-state index contributed by atoms with van der Waals surface area (Å²) >= 11 is 3.64. The Morgan fingerprint density at radius 2 is 1.80 bits per heavy atom. The van der Waals surface area contributed by atoms with Crippen LogP contribution in [0.2, 0.25) is 0 Å². The van der Waals surface area contributed by atoms with Gasteiger partial charge in [0.2, 0.25) is 0 Å². The predicted octanol–water partition coefficient (Wildman–Crippen LogP) is 2.51. The summed E-state index contributed by atoms with van der Waals surface area (Å²) in [6, 6.07) is 0. The Morgan fingerprint density at radius 3 is 2.20 bits per heavy atom. The first-order valence-corrected chi connectivity index (χ1v) is 6.63. The van der Waals surface area contributed by atoms with Gasteiger partial charge in [-0.2, -0.15) is 0 Å². The fraction of sp³-hybridized carbons (Fsp3) is 1.00. The third kappa shape index (κ3) is 9.04. The first-order valence-electron chi connectivity index (χ1n) is 4.87. The summed E-state index contributed by atoms with van der Waals surface area (Å²) in [7, 11) is 0. The molecule has 0 aromatic heterocycles. The Balaban J connectivity index is 3.90. The van der Waals surface area contributed by atoms with Crippen molar-refractivity contribution in [3.05, 3.63) is 0 Å². The highest BCUT2D eigenvalue weighted by atomic mass is 127. The maximum Gasteiger partial charge on any atom is 0.110 e. The molecule has 0 spiro atoms. The SMILES string of the molecule is CC(C)COC(COI)CC(CO)OI. The van der Waals surface area contributed by atoms with Crippen molar-refractivity contribution >= 4 is 46.0 Å². The van der Waals surface area contributed by atoms with Crippen LogP contribution in [0.5, 0.6) is 0 Å². The first-order chi connectivity index (χ1) is 7.13. The fourth-order valence-corrected chi connectivity index (χ4v) is 1.78. The summed E-state index contributed by atoms with van der Waals surface area (Å²) in [5, 5.41) is 8.99. The van der Waals surface area contributed by atoms with E-state index in [-0.39, 0.29) is 18.8 Å². The van der Waals surface area contributed by atoms with Crippen molar-refractivity contribution in [1.29, 1.82) is 0 Å². The summed E-state index contributed by atoms with van der Waals surface area (Å²) in [4.78, 5) is 0. The molecule has 2 atom stereocenters. The molecule has 0 amide bonds. The van der Waals surface area contributed by atoms with Crippen LogP contribution in [0.4, 0.5) is 0 Å². The van der Waals surface area contributed by atoms with E-state index < -0.39 is 0 Å². The van der Waals surface area contributed by atoms with Crippen molar-refractivity contribution in [3.8, 4) is 0 Å². The molecule has 15 heavy (non-hydrogen) atoms. The highest BCUT2D eigenvalue weighted by Crippen LogP contribution is 2.12. The van der Waals surface area contributed by atoms with Crippen LogP contribution in [-0.4, -0.2) is 37.1 Å². The van der Waals surface area contributed by atoms with Crippen LogP contribution >= 0.6 is 46.0 Å². The fourth-order valence-electron chi connectivity index (χ4n) is 1.02. The van der Waals surface area contributed by atoms with Gasteiger partial charge in [-0.1, -0.05) is 13.8 Å². The number of halogens is 2. The molecule has 0 rings (SSSR count). The third-order valence-electron chi connectivity index (χ3n) is 1.77. The maximum atomic E-state index is 8.99. The highest BCUT2D eigenvalue weighted by Gasteiger charge is 2.17. The zero-order valence-electron chi connectivity index (χ0n) is 8.99. The van der Waals surface area contributed by atoms with Gasteiger partial charge in [-0.25, -0.2) is 0 Å². The van der Waals surface area contributed by atoms with Crippen molar-refractivity contribution in [3.63, 3.8) is 0 Å². The van der Waals surface area contributed by atoms with Gasteiger partial charge in [0, 0.05) is 13.0 Å². The molecule has 92 valence electrons. The summed E-state index contributed by atoms with van der Waals surface area (Å²) in [5.41, 5.74) is 0. The van der Waals surface area contributed by atoms with E-state index in [4.69, 9.17) is 16.0 Å². The Labute approximate surface area is 119 Å². The normalized spacial score (nSPS) is 15.6. The van der Waals surface area contributed by atoms with Gasteiger partial charge < -0.3 is 16.0 Å². The van der Waals surface area contributed by atoms with E-state index >= 15 is 0 Å². The van der Waals surface area contributed by atoms with Crippen LogP contribution in [0.3, 0.4) is 0 Å². The van der Waals surface area contributed by atoms with Gasteiger partial charge in [-0.15, -0.1) is 0 Å². The van der Waals surface area contributed by atoms with Crippen molar-refractivity contribution in [1.82, 2.24) is 0 Å². The van der Waals surface area contributed by atoms with Crippen LogP contribution in [-0.2, 0) is 10.9 Å². The lowest BCUT2D eigenvalue weighted by molar-refractivity contribution is -0.0122. The minimum atomic E-state index is -0.186. The molecular weight excluding hydrogens is 426 g/mol. The van der Waals surface area contributed by atoms with Crippen molar-refractivity contribution < 1.29 is 16.0 Å². The largest absolute Gasteiger partial charge is 0.394 e. The molecule has 0 saturated carbocycles. The van der Waals surface area contributed by atoms with E-state index in [0.717, 1.165) is 0 Å². The molecule has 1 N–H and O–H groups in total. The van der Waals surface area contributed by atoms with E-state index in [1.54, 1.807) is 23.0 Å². The van der Waals surface area contributed by atoms with E-state index in [1.165, 1.54) is 0 Å². The van der Waals surface area contributed by atoms with Crippen molar-refractivity contribution in [2.45, 2.75) is 32.5 Å². The molecule has 0 aromatic rings. The van der Waals surface area contributed by atoms with Gasteiger partial charge in [0.15, 0.2) is 0 Å². The Kier molecular flexibility index (Phi) is 11.4. The van der Waals surface area contributed by atoms with Gasteiger partial charge in [-0.05, 0) is 5.92 Å². The van der Waals surface area contributed by atoms with E-state index in [2.05, 4.69) is 13.8 Å². The molecule has 0 aliphatic carbocycles. The number of hydrogen-bond donors (Lipinski definition) is 1. The first kappa shape index (κ1) is 16.3. The van der Waals surface area contributed by atoms with Gasteiger partial charge in [0.05, 0.1) is 25.4 Å². The van der Waals surface area contributed by atoms with Gasteiger partial charge >= 0.3 is 0 Å². The lowest BCUT2D eigenvalue weighted by Crippen LogP contribution is -2.28. The second-order valence-electron chi connectivity index (χ2n) is 3.75. The lowest BCUT2D eigenvalue weighted by Gasteiger charge is -2.21. The molecule has 0 bridgehead atoms. The molecule has 0 radical (unpaired) electrons. The van der Waals surface area contributed by atoms with E-state index in [0.29, 0.717) is 25.6 Å². The second-order valence-corrected chi connectivity index (χ2v) is 4.89. The van der Waals surface area contributed by atoms with E-state index in [9.17, 15) is 0 Å². The number of ether oxygens (including phenoxy) is 1. The highest BCUT2D eigenvalue weighted by molar-refractivity contribution is 14.1. The second kappa shape index (κ2) is 10.5. The molecule has 0 aromatic carbocycles. The molecule has 0 fully saturated rings. The average Bonchev–Trinajstić information content (AvgIpc) is 2.22. The lowest BCUT2D eigenvalue weighted by atomic mass is 10.1. The smallest absolute Gasteiger partial charge is 0.110 e. The maximum absolute atomic E-state index is 8.99. The minimum absolute atomic E-state index is 0.00568. The quantitative estimate of drug-likeness (QED) is 0.556. The molecule has 4 nitrogen and oxygen atoms in total. The van der Waals surface area contributed by atoms with E-state index in [1.807, 2.05) is 23.0 Å².